The second-order valence-electron chi connectivity index (χ2n) is 8.72. The Morgan fingerprint density at radius 1 is 0.862 bits per heavy atom. The number of piperidine rings is 1. The molecule has 0 saturated carbocycles. The molecule has 3 nitrogen and oxygen atoms in total. The molecule has 1 aliphatic heterocycles. The molecule has 0 aromatic rings. The lowest BCUT2D eigenvalue weighted by Gasteiger charge is -2.44. The molecule has 0 aliphatic carbocycles. The van der Waals surface area contributed by atoms with Crippen LogP contribution in [0.4, 0.5) is 13.2 Å². The lowest BCUT2D eigenvalue weighted by atomic mass is 9.82. The SMILES string of the molecule is CCCCCCCCCCCCC[C@H]1CC[C@@H](C(C)=O)[C@@H](C)N1C(=O)C(F)(F)F. The first-order valence-electron chi connectivity index (χ1n) is 11.6. The molecule has 1 rings (SSSR count). The molecule has 0 bridgehead atoms. The van der Waals surface area contributed by atoms with Crippen LogP contribution in [0.25, 0.3) is 0 Å². The normalized spacial score (nSPS) is 22.7. The third-order valence-electron chi connectivity index (χ3n) is 6.37. The summed E-state index contributed by atoms with van der Waals surface area (Å²) in [5.74, 6) is -2.41. The van der Waals surface area contributed by atoms with Gasteiger partial charge in [0.1, 0.15) is 5.78 Å². The van der Waals surface area contributed by atoms with Crippen molar-refractivity contribution in [3.8, 4) is 0 Å². The molecule has 1 aliphatic rings. The summed E-state index contributed by atoms with van der Waals surface area (Å²) in [6.45, 7) is 5.21. The average molecular weight is 420 g/mol. The molecule has 3 atom stereocenters. The molecule has 1 amide bonds. The maximum absolute atomic E-state index is 13.1. The molecule has 0 aromatic carbocycles. The van der Waals surface area contributed by atoms with Gasteiger partial charge in [0.25, 0.3) is 0 Å². The third-order valence-corrected chi connectivity index (χ3v) is 6.37. The van der Waals surface area contributed by atoms with Gasteiger partial charge in [0, 0.05) is 18.0 Å². The molecule has 170 valence electrons. The number of hydrogen-bond acceptors (Lipinski definition) is 2. The predicted octanol–water partition coefficient (Wildman–Crippen LogP) is 6.83. The van der Waals surface area contributed by atoms with Crippen molar-refractivity contribution in [3.05, 3.63) is 0 Å². The van der Waals surface area contributed by atoms with E-state index < -0.39 is 30.1 Å². The quantitative estimate of drug-likeness (QED) is 0.307. The van der Waals surface area contributed by atoms with Crippen LogP contribution < -0.4 is 0 Å². The molecule has 29 heavy (non-hydrogen) atoms. The minimum absolute atomic E-state index is 0.134. The molecule has 0 radical (unpaired) electrons. The van der Waals surface area contributed by atoms with Crippen LogP contribution in [0.5, 0.6) is 0 Å². The van der Waals surface area contributed by atoms with Crippen LogP contribution >= 0.6 is 0 Å². The number of unbranched alkanes of at least 4 members (excludes halogenated alkanes) is 10. The van der Waals surface area contributed by atoms with E-state index in [4.69, 9.17) is 0 Å². The molecule has 1 fully saturated rings. The number of rotatable bonds is 13. The average Bonchev–Trinajstić information content (AvgIpc) is 2.64. The van der Waals surface area contributed by atoms with Gasteiger partial charge < -0.3 is 4.90 Å². The Balaban J connectivity index is 2.37. The van der Waals surface area contributed by atoms with E-state index in [-0.39, 0.29) is 5.78 Å². The Labute approximate surface area is 174 Å². The van der Waals surface area contributed by atoms with Crippen molar-refractivity contribution in [2.24, 2.45) is 5.92 Å². The van der Waals surface area contributed by atoms with Crippen molar-refractivity contribution in [3.63, 3.8) is 0 Å². The van der Waals surface area contributed by atoms with Crippen LogP contribution in [0.3, 0.4) is 0 Å². The fraction of sp³-hybridized carbons (Fsp3) is 0.913. The maximum Gasteiger partial charge on any atom is 0.471 e. The number of hydrogen-bond donors (Lipinski definition) is 0. The molecular formula is C23H40F3NO2. The molecule has 6 heteroatoms. The molecular weight excluding hydrogens is 379 g/mol. The van der Waals surface area contributed by atoms with E-state index in [1.165, 1.54) is 58.3 Å². The second-order valence-corrected chi connectivity index (χ2v) is 8.72. The van der Waals surface area contributed by atoms with Gasteiger partial charge in [-0.2, -0.15) is 13.2 Å². The highest BCUT2D eigenvalue weighted by molar-refractivity contribution is 5.85. The van der Waals surface area contributed by atoms with Crippen LogP contribution in [-0.2, 0) is 9.59 Å². The Hall–Kier alpha value is -1.07. The summed E-state index contributed by atoms with van der Waals surface area (Å²) in [6.07, 6.45) is 9.87. The van der Waals surface area contributed by atoms with Crippen molar-refractivity contribution in [2.45, 2.75) is 129 Å². The zero-order valence-electron chi connectivity index (χ0n) is 18.5. The number of amides is 1. The van der Waals surface area contributed by atoms with Gasteiger partial charge in [0.05, 0.1) is 0 Å². The van der Waals surface area contributed by atoms with Crippen molar-refractivity contribution >= 4 is 11.7 Å². The fourth-order valence-electron chi connectivity index (χ4n) is 4.65. The molecule has 0 N–H and O–H groups in total. The standard InChI is InChI=1S/C23H40F3NO2/c1-4-5-6-7-8-9-10-11-12-13-14-15-20-16-17-21(19(3)28)18(2)27(20)22(29)23(24,25)26/h18,20-21H,4-17H2,1-3H3/t18-,20+,21-/m1/s1. The van der Waals surface area contributed by atoms with Gasteiger partial charge in [-0.25, -0.2) is 0 Å². The van der Waals surface area contributed by atoms with Crippen molar-refractivity contribution in [1.82, 2.24) is 4.90 Å². The number of nitrogens with zero attached hydrogens (tertiary/aromatic N) is 1. The van der Waals surface area contributed by atoms with E-state index in [1.54, 1.807) is 6.92 Å². The monoisotopic (exact) mass is 419 g/mol. The second kappa shape index (κ2) is 13.3. The van der Waals surface area contributed by atoms with Gasteiger partial charge in [-0.05, 0) is 33.1 Å². The summed E-state index contributed by atoms with van der Waals surface area (Å²) < 4.78 is 39.3. The molecule has 0 unspecified atom stereocenters. The highest BCUT2D eigenvalue weighted by Gasteiger charge is 2.49. The number of carbonyl (C=O) groups is 2. The lowest BCUT2D eigenvalue weighted by Crippen LogP contribution is -2.57. The zero-order valence-corrected chi connectivity index (χ0v) is 18.5. The van der Waals surface area contributed by atoms with Crippen molar-refractivity contribution < 1.29 is 22.8 Å². The lowest BCUT2D eigenvalue weighted by molar-refractivity contribution is -0.194. The van der Waals surface area contributed by atoms with Crippen LogP contribution in [0.2, 0.25) is 0 Å². The van der Waals surface area contributed by atoms with Gasteiger partial charge >= 0.3 is 12.1 Å². The zero-order chi connectivity index (χ0) is 21.9. The smallest absolute Gasteiger partial charge is 0.328 e. The van der Waals surface area contributed by atoms with E-state index in [2.05, 4.69) is 6.92 Å². The summed E-state index contributed by atoms with van der Waals surface area (Å²) in [5, 5.41) is 0. The van der Waals surface area contributed by atoms with Gasteiger partial charge in [0.15, 0.2) is 0 Å². The van der Waals surface area contributed by atoms with Gasteiger partial charge in [0.2, 0.25) is 0 Å². The van der Waals surface area contributed by atoms with Crippen LogP contribution in [-0.4, -0.2) is 34.9 Å². The van der Waals surface area contributed by atoms with E-state index in [9.17, 15) is 22.8 Å². The topological polar surface area (TPSA) is 37.4 Å². The molecule has 0 spiro atoms. The van der Waals surface area contributed by atoms with E-state index in [1.807, 2.05) is 0 Å². The Morgan fingerprint density at radius 3 is 1.79 bits per heavy atom. The van der Waals surface area contributed by atoms with Crippen molar-refractivity contribution in [1.29, 1.82) is 0 Å². The number of Topliss-reactive ketones (excluding diaryl/α,β-unsaturated/α-hetero) is 1. The minimum atomic E-state index is -4.89. The Morgan fingerprint density at radius 2 is 1.34 bits per heavy atom. The van der Waals surface area contributed by atoms with Crippen LogP contribution in [0, 0.1) is 5.92 Å². The minimum Gasteiger partial charge on any atom is -0.328 e. The van der Waals surface area contributed by atoms with Gasteiger partial charge in [-0.1, -0.05) is 77.6 Å². The summed E-state index contributed by atoms with van der Waals surface area (Å²) in [4.78, 5) is 24.7. The number of halogens is 3. The Bertz CT molecular complexity index is 493. The van der Waals surface area contributed by atoms with Gasteiger partial charge in [-0.3, -0.25) is 9.59 Å². The summed E-state index contributed by atoms with van der Waals surface area (Å²) in [5.41, 5.74) is 0. The highest BCUT2D eigenvalue weighted by atomic mass is 19.4. The van der Waals surface area contributed by atoms with Gasteiger partial charge in [-0.15, -0.1) is 0 Å². The largest absolute Gasteiger partial charge is 0.471 e. The Kier molecular flexibility index (Phi) is 11.9. The third kappa shape index (κ3) is 9.08. The molecule has 1 heterocycles. The van der Waals surface area contributed by atoms with Crippen molar-refractivity contribution in [2.75, 3.05) is 0 Å². The number of likely N-dealkylation sites (tertiary alicyclic amines) is 1. The maximum atomic E-state index is 13.1. The first kappa shape index (κ1) is 26.0. The van der Waals surface area contributed by atoms with Crippen LogP contribution in [0.1, 0.15) is 111 Å². The summed E-state index contributed by atoms with van der Waals surface area (Å²) in [6, 6.07) is -1.10. The van der Waals surface area contributed by atoms with E-state index in [0.717, 1.165) is 24.2 Å². The highest BCUT2D eigenvalue weighted by Crippen LogP contribution is 2.34. The predicted molar refractivity (Wildman–Crippen MR) is 111 cm³/mol. The number of alkyl halides is 3. The number of ketones is 1. The number of carbonyl (C=O) groups excluding carboxylic acids is 2. The van der Waals surface area contributed by atoms with E-state index >= 15 is 0 Å². The molecule has 1 saturated heterocycles. The first-order chi connectivity index (χ1) is 13.7. The molecule has 0 aromatic heterocycles. The van der Waals surface area contributed by atoms with E-state index in [0.29, 0.717) is 19.3 Å². The van der Waals surface area contributed by atoms with Crippen LogP contribution in [0.15, 0.2) is 0 Å². The fourth-order valence-corrected chi connectivity index (χ4v) is 4.65. The summed E-state index contributed by atoms with van der Waals surface area (Å²) >= 11 is 0. The first-order valence-corrected chi connectivity index (χ1v) is 11.6. The summed E-state index contributed by atoms with van der Waals surface area (Å²) in [7, 11) is 0.